The van der Waals surface area contributed by atoms with Crippen LogP contribution in [0, 0.1) is 5.92 Å². The summed E-state index contributed by atoms with van der Waals surface area (Å²) in [7, 11) is 0. The Balaban J connectivity index is 1.32. The summed E-state index contributed by atoms with van der Waals surface area (Å²) in [5.74, 6) is 0.618. The average molecular weight is 345 g/mol. The van der Waals surface area contributed by atoms with E-state index in [1.165, 1.54) is 5.69 Å². The summed E-state index contributed by atoms with van der Waals surface area (Å²) in [4.78, 5) is 17.0. The van der Waals surface area contributed by atoms with Gasteiger partial charge in [0.05, 0.1) is 0 Å². The smallest absolute Gasteiger partial charge is 0.221 e. The Morgan fingerprint density at radius 1 is 1.04 bits per heavy atom. The van der Waals surface area contributed by atoms with Crippen molar-refractivity contribution in [1.29, 1.82) is 0 Å². The number of nitrogens with one attached hydrogen (secondary N) is 1. The molecule has 0 atom stereocenters. The molecule has 1 aliphatic carbocycles. The second kappa shape index (κ2) is 9.20. The van der Waals surface area contributed by atoms with Gasteiger partial charge in [0.1, 0.15) is 0 Å². The maximum Gasteiger partial charge on any atom is 0.221 e. The number of carbonyl (C=O) groups is 1. The van der Waals surface area contributed by atoms with E-state index in [-0.39, 0.29) is 12.5 Å². The molecule has 1 saturated carbocycles. The molecule has 5 nitrogen and oxygen atoms in total. The molecular weight excluding hydrogens is 314 g/mol. The molecule has 1 aliphatic heterocycles. The van der Waals surface area contributed by atoms with Crippen molar-refractivity contribution >= 4 is 11.6 Å². The van der Waals surface area contributed by atoms with E-state index >= 15 is 0 Å². The summed E-state index contributed by atoms with van der Waals surface area (Å²) in [6.07, 6.45) is 4.66. The van der Waals surface area contributed by atoms with Gasteiger partial charge in [0.2, 0.25) is 5.91 Å². The third-order valence-electron chi connectivity index (χ3n) is 5.62. The van der Waals surface area contributed by atoms with Gasteiger partial charge < -0.3 is 15.3 Å². The maximum absolute atomic E-state index is 12.2. The predicted molar refractivity (Wildman–Crippen MR) is 101 cm³/mol. The van der Waals surface area contributed by atoms with Crippen LogP contribution in [-0.4, -0.2) is 61.3 Å². The van der Waals surface area contributed by atoms with Gasteiger partial charge in [-0.2, -0.15) is 0 Å². The minimum Gasteiger partial charge on any atom is -0.396 e. The number of aliphatic hydroxyl groups excluding tert-OH is 1. The van der Waals surface area contributed by atoms with E-state index in [1.54, 1.807) is 0 Å². The fraction of sp³-hybridized carbons (Fsp3) is 0.650. The number of carbonyl (C=O) groups excluding carboxylic acids is 1. The molecule has 5 heteroatoms. The molecule has 0 unspecified atom stereocenters. The lowest BCUT2D eigenvalue weighted by atomic mass is 9.86. The number of rotatable bonds is 6. The first-order valence-electron chi connectivity index (χ1n) is 9.67. The summed E-state index contributed by atoms with van der Waals surface area (Å²) < 4.78 is 0. The molecule has 1 aromatic carbocycles. The van der Waals surface area contributed by atoms with Gasteiger partial charge in [-0.3, -0.25) is 9.69 Å². The third-order valence-corrected chi connectivity index (χ3v) is 5.62. The van der Waals surface area contributed by atoms with Crippen molar-refractivity contribution < 1.29 is 9.90 Å². The van der Waals surface area contributed by atoms with E-state index in [9.17, 15) is 9.90 Å². The fourth-order valence-corrected chi connectivity index (χ4v) is 3.92. The van der Waals surface area contributed by atoms with Gasteiger partial charge in [-0.1, -0.05) is 18.2 Å². The van der Waals surface area contributed by atoms with Crippen molar-refractivity contribution in [2.75, 3.05) is 44.2 Å². The van der Waals surface area contributed by atoms with Gasteiger partial charge in [-0.05, 0) is 43.7 Å². The zero-order valence-electron chi connectivity index (χ0n) is 15.1. The van der Waals surface area contributed by atoms with Crippen LogP contribution in [0.25, 0.3) is 0 Å². The number of anilines is 1. The van der Waals surface area contributed by atoms with E-state index in [4.69, 9.17) is 0 Å². The van der Waals surface area contributed by atoms with E-state index in [0.717, 1.165) is 58.4 Å². The molecular formula is C20H31N3O2. The fourth-order valence-electron chi connectivity index (χ4n) is 3.92. The molecule has 3 rings (SSSR count). The number of hydrogen-bond acceptors (Lipinski definition) is 4. The summed E-state index contributed by atoms with van der Waals surface area (Å²) in [6, 6.07) is 10.9. The summed E-state index contributed by atoms with van der Waals surface area (Å²) in [6.45, 7) is 5.22. The topological polar surface area (TPSA) is 55.8 Å². The number of piperazine rings is 1. The average Bonchev–Trinajstić information content (AvgIpc) is 2.68. The minimum absolute atomic E-state index is 0.179. The normalized spacial score (nSPS) is 24.9. The van der Waals surface area contributed by atoms with Crippen LogP contribution in [0.1, 0.15) is 32.1 Å². The Hall–Kier alpha value is -1.59. The number of aliphatic hydroxyl groups is 1. The summed E-state index contributed by atoms with van der Waals surface area (Å²) in [5, 5.41) is 12.4. The molecule has 0 spiro atoms. The molecule has 138 valence electrons. The molecule has 2 fully saturated rings. The van der Waals surface area contributed by atoms with Crippen LogP contribution >= 0.6 is 0 Å². The standard InChI is InChI=1S/C20H31N3O2/c24-16-17-6-8-18(9-7-17)21-20(25)10-11-22-12-14-23(15-13-22)19-4-2-1-3-5-19/h1-5,17-18,24H,6-16H2,(H,21,25). The van der Waals surface area contributed by atoms with Crippen LogP contribution in [0.4, 0.5) is 5.69 Å². The van der Waals surface area contributed by atoms with Crippen LogP contribution in [0.5, 0.6) is 0 Å². The molecule has 1 heterocycles. The number of para-hydroxylation sites is 1. The Morgan fingerprint density at radius 2 is 1.72 bits per heavy atom. The Labute approximate surface area is 151 Å². The molecule has 0 aromatic heterocycles. The largest absolute Gasteiger partial charge is 0.396 e. The van der Waals surface area contributed by atoms with Crippen molar-refractivity contribution in [3.63, 3.8) is 0 Å². The number of nitrogens with zero attached hydrogens (tertiary/aromatic N) is 2. The summed E-state index contributed by atoms with van der Waals surface area (Å²) >= 11 is 0. The predicted octanol–water partition coefficient (Wildman–Crippen LogP) is 1.87. The Bertz CT molecular complexity index is 521. The van der Waals surface area contributed by atoms with Gasteiger partial charge >= 0.3 is 0 Å². The number of hydrogen-bond donors (Lipinski definition) is 2. The van der Waals surface area contributed by atoms with E-state index in [2.05, 4.69) is 45.4 Å². The second-order valence-corrected chi connectivity index (χ2v) is 7.38. The van der Waals surface area contributed by atoms with Crippen LogP contribution in [0.3, 0.4) is 0 Å². The number of benzene rings is 1. The van der Waals surface area contributed by atoms with E-state index < -0.39 is 0 Å². The second-order valence-electron chi connectivity index (χ2n) is 7.38. The lowest BCUT2D eigenvalue weighted by Crippen LogP contribution is -2.47. The first-order chi connectivity index (χ1) is 12.2. The molecule has 0 radical (unpaired) electrons. The Morgan fingerprint density at radius 3 is 2.36 bits per heavy atom. The van der Waals surface area contributed by atoms with Crippen molar-refractivity contribution in [3.8, 4) is 0 Å². The monoisotopic (exact) mass is 345 g/mol. The highest BCUT2D eigenvalue weighted by Gasteiger charge is 2.22. The van der Waals surface area contributed by atoms with Gasteiger partial charge in [0.15, 0.2) is 0 Å². The van der Waals surface area contributed by atoms with Crippen molar-refractivity contribution in [3.05, 3.63) is 30.3 Å². The van der Waals surface area contributed by atoms with Gasteiger partial charge in [0, 0.05) is 57.5 Å². The van der Waals surface area contributed by atoms with Crippen LogP contribution < -0.4 is 10.2 Å². The van der Waals surface area contributed by atoms with Gasteiger partial charge in [0.25, 0.3) is 0 Å². The maximum atomic E-state index is 12.2. The van der Waals surface area contributed by atoms with Crippen LogP contribution in [0.2, 0.25) is 0 Å². The molecule has 2 aliphatic rings. The SMILES string of the molecule is O=C(CCN1CCN(c2ccccc2)CC1)NC1CCC(CO)CC1. The molecule has 0 bridgehead atoms. The Kier molecular flexibility index (Phi) is 6.70. The zero-order valence-corrected chi connectivity index (χ0v) is 15.1. The molecule has 1 amide bonds. The highest BCUT2D eigenvalue weighted by atomic mass is 16.3. The molecule has 1 aromatic rings. The zero-order chi connectivity index (χ0) is 17.5. The van der Waals surface area contributed by atoms with Crippen molar-refractivity contribution in [1.82, 2.24) is 10.2 Å². The van der Waals surface area contributed by atoms with Crippen LogP contribution in [0.15, 0.2) is 30.3 Å². The lowest BCUT2D eigenvalue weighted by Gasteiger charge is -2.36. The molecule has 25 heavy (non-hydrogen) atoms. The summed E-state index contributed by atoms with van der Waals surface area (Å²) in [5.41, 5.74) is 1.29. The first-order valence-corrected chi connectivity index (χ1v) is 9.67. The van der Waals surface area contributed by atoms with Crippen molar-refractivity contribution in [2.45, 2.75) is 38.1 Å². The van der Waals surface area contributed by atoms with E-state index in [1.807, 2.05) is 0 Å². The first kappa shape index (κ1) is 18.2. The van der Waals surface area contributed by atoms with Crippen molar-refractivity contribution in [2.24, 2.45) is 5.92 Å². The quantitative estimate of drug-likeness (QED) is 0.826. The molecule has 2 N–H and O–H groups in total. The van der Waals surface area contributed by atoms with Gasteiger partial charge in [-0.25, -0.2) is 0 Å². The van der Waals surface area contributed by atoms with E-state index in [0.29, 0.717) is 18.4 Å². The van der Waals surface area contributed by atoms with Crippen LogP contribution in [-0.2, 0) is 4.79 Å². The highest BCUT2D eigenvalue weighted by molar-refractivity contribution is 5.76. The molecule has 1 saturated heterocycles. The lowest BCUT2D eigenvalue weighted by molar-refractivity contribution is -0.122. The van der Waals surface area contributed by atoms with Gasteiger partial charge in [-0.15, -0.1) is 0 Å². The minimum atomic E-state index is 0.179. The highest BCUT2D eigenvalue weighted by Crippen LogP contribution is 2.23. The third kappa shape index (κ3) is 5.44. The number of amides is 1.